The van der Waals surface area contributed by atoms with Crippen molar-refractivity contribution in [1.82, 2.24) is 8.87 Å². The number of halogens is 1. The minimum Gasteiger partial charge on any atom is -0.461 e. The van der Waals surface area contributed by atoms with Crippen LogP contribution in [0.25, 0.3) is 0 Å². The molecule has 152 valence electrons. The van der Waals surface area contributed by atoms with Crippen molar-refractivity contribution in [3.63, 3.8) is 0 Å². The van der Waals surface area contributed by atoms with Crippen LogP contribution in [-0.4, -0.2) is 49.4 Å². The third-order valence-corrected chi connectivity index (χ3v) is 6.17. The highest BCUT2D eigenvalue weighted by Crippen LogP contribution is 2.21. The zero-order valence-corrected chi connectivity index (χ0v) is 17.6. The number of carbonyl (C=O) groups is 2. The standard InChI is InChI=1S/C18H22ClN3O5S/c1-5-27-18(24)16-9-14(10-21(16)3)28(25,26)22(4)11-17(23)20-13-7-6-12(2)15(19)8-13/h6-10H,5,11H2,1-4H3,(H,20,23). The van der Waals surface area contributed by atoms with Gasteiger partial charge < -0.3 is 14.6 Å². The van der Waals surface area contributed by atoms with Crippen LogP contribution in [0.1, 0.15) is 23.0 Å². The van der Waals surface area contributed by atoms with E-state index in [1.165, 1.54) is 23.9 Å². The molecule has 8 nitrogen and oxygen atoms in total. The third kappa shape index (κ3) is 4.92. The van der Waals surface area contributed by atoms with E-state index in [1.807, 2.05) is 6.92 Å². The fraction of sp³-hybridized carbons (Fsp3) is 0.333. The number of likely N-dealkylation sites (N-methyl/N-ethyl adjacent to an activating group) is 1. The van der Waals surface area contributed by atoms with Gasteiger partial charge in [0.15, 0.2) is 0 Å². The summed E-state index contributed by atoms with van der Waals surface area (Å²) in [5.41, 5.74) is 1.43. The zero-order valence-electron chi connectivity index (χ0n) is 16.0. The average Bonchev–Trinajstić information content (AvgIpc) is 3.01. The van der Waals surface area contributed by atoms with Crippen molar-refractivity contribution in [1.29, 1.82) is 0 Å². The molecule has 0 spiro atoms. The molecule has 0 unspecified atom stereocenters. The summed E-state index contributed by atoms with van der Waals surface area (Å²) in [6.45, 7) is 3.26. The number of hydrogen-bond acceptors (Lipinski definition) is 5. The molecule has 1 amide bonds. The Labute approximate surface area is 169 Å². The average molecular weight is 428 g/mol. The number of sulfonamides is 1. The Morgan fingerprint density at radius 2 is 1.96 bits per heavy atom. The number of benzene rings is 1. The molecule has 0 aliphatic rings. The van der Waals surface area contributed by atoms with Gasteiger partial charge in [0.05, 0.1) is 13.2 Å². The second-order valence-corrected chi connectivity index (χ2v) is 8.62. The molecule has 0 bridgehead atoms. The first-order valence-electron chi connectivity index (χ1n) is 8.42. The van der Waals surface area contributed by atoms with Gasteiger partial charge in [0.1, 0.15) is 10.6 Å². The van der Waals surface area contributed by atoms with Gasteiger partial charge >= 0.3 is 5.97 Å². The lowest BCUT2D eigenvalue weighted by molar-refractivity contribution is -0.116. The fourth-order valence-electron chi connectivity index (χ4n) is 2.42. The molecule has 2 rings (SSSR count). The molecule has 0 saturated carbocycles. The van der Waals surface area contributed by atoms with Crippen molar-refractivity contribution in [2.45, 2.75) is 18.7 Å². The highest BCUT2D eigenvalue weighted by atomic mass is 35.5. The van der Waals surface area contributed by atoms with Crippen molar-refractivity contribution in [3.8, 4) is 0 Å². The maximum Gasteiger partial charge on any atom is 0.354 e. The van der Waals surface area contributed by atoms with Crippen LogP contribution in [0.15, 0.2) is 35.4 Å². The number of hydrogen-bond donors (Lipinski definition) is 1. The smallest absolute Gasteiger partial charge is 0.354 e. The van der Waals surface area contributed by atoms with Gasteiger partial charge in [0.2, 0.25) is 15.9 Å². The maximum atomic E-state index is 12.7. The number of aryl methyl sites for hydroxylation is 2. The van der Waals surface area contributed by atoms with E-state index in [1.54, 1.807) is 32.2 Å². The molecule has 10 heteroatoms. The van der Waals surface area contributed by atoms with E-state index in [0.717, 1.165) is 9.87 Å². The molecular formula is C18H22ClN3O5S. The SMILES string of the molecule is CCOC(=O)c1cc(S(=O)(=O)N(C)CC(=O)Nc2ccc(C)c(Cl)c2)cn1C. The van der Waals surface area contributed by atoms with E-state index < -0.39 is 28.4 Å². The first-order valence-corrected chi connectivity index (χ1v) is 10.2. The largest absolute Gasteiger partial charge is 0.461 e. The Bertz CT molecular complexity index is 1000. The van der Waals surface area contributed by atoms with Crippen molar-refractivity contribution < 1.29 is 22.7 Å². The Morgan fingerprint density at radius 1 is 1.29 bits per heavy atom. The minimum atomic E-state index is -3.97. The molecular weight excluding hydrogens is 406 g/mol. The molecule has 28 heavy (non-hydrogen) atoms. The molecule has 0 aliphatic carbocycles. The maximum absolute atomic E-state index is 12.7. The van der Waals surface area contributed by atoms with Crippen LogP contribution in [0.5, 0.6) is 0 Å². The van der Waals surface area contributed by atoms with Gasteiger partial charge in [-0.3, -0.25) is 4.79 Å². The Hall–Kier alpha value is -2.36. The molecule has 1 N–H and O–H groups in total. The van der Waals surface area contributed by atoms with E-state index >= 15 is 0 Å². The normalized spacial score (nSPS) is 11.5. The lowest BCUT2D eigenvalue weighted by Gasteiger charge is -2.16. The van der Waals surface area contributed by atoms with Gasteiger partial charge in [-0.05, 0) is 37.6 Å². The van der Waals surface area contributed by atoms with E-state index in [4.69, 9.17) is 16.3 Å². The Balaban J connectivity index is 2.13. The summed E-state index contributed by atoms with van der Waals surface area (Å²) in [6.07, 6.45) is 1.30. The number of anilines is 1. The minimum absolute atomic E-state index is 0.104. The Kier molecular flexibility index (Phi) is 6.87. The van der Waals surface area contributed by atoms with Gasteiger partial charge in [0.25, 0.3) is 0 Å². The summed E-state index contributed by atoms with van der Waals surface area (Å²) >= 11 is 6.02. The summed E-state index contributed by atoms with van der Waals surface area (Å²) in [7, 11) is -1.15. The van der Waals surface area contributed by atoms with Crippen LogP contribution in [0.3, 0.4) is 0 Å². The van der Waals surface area contributed by atoms with Gasteiger partial charge in [0, 0.05) is 31.0 Å². The number of amides is 1. The number of aromatic nitrogens is 1. The van der Waals surface area contributed by atoms with Crippen molar-refractivity contribution in [3.05, 3.63) is 46.7 Å². The highest BCUT2D eigenvalue weighted by Gasteiger charge is 2.26. The number of ether oxygens (including phenoxy) is 1. The van der Waals surface area contributed by atoms with Crippen molar-refractivity contribution in [2.75, 3.05) is 25.5 Å². The van der Waals surface area contributed by atoms with Crippen LogP contribution < -0.4 is 5.32 Å². The molecule has 1 aromatic carbocycles. The fourth-order valence-corrected chi connectivity index (χ4v) is 3.80. The zero-order chi connectivity index (χ0) is 21.1. The van der Waals surface area contributed by atoms with Crippen LogP contribution in [-0.2, 0) is 26.6 Å². The predicted molar refractivity (Wildman–Crippen MR) is 106 cm³/mol. The molecule has 1 heterocycles. The Morgan fingerprint density at radius 3 is 2.57 bits per heavy atom. The summed E-state index contributed by atoms with van der Waals surface area (Å²) in [4.78, 5) is 24.0. The quantitative estimate of drug-likeness (QED) is 0.684. The summed E-state index contributed by atoms with van der Waals surface area (Å²) in [6, 6.07) is 6.24. The van der Waals surface area contributed by atoms with Gasteiger partial charge in [-0.25, -0.2) is 13.2 Å². The van der Waals surface area contributed by atoms with Crippen LogP contribution in [0.4, 0.5) is 5.69 Å². The van der Waals surface area contributed by atoms with Crippen molar-refractivity contribution >= 4 is 39.2 Å². The molecule has 2 aromatic rings. The molecule has 0 saturated heterocycles. The monoisotopic (exact) mass is 427 g/mol. The lowest BCUT2D eigenvalue weighted by atomic mass is 10.2. The number of nitrogens with one attached hydrogen (secondary N) is 1. The van der Waals surface area contributed by atoms with Crippen LogP contribution in [0.2, 0.25) is 5.02 Å². The third-order valence-electron chi connectivity index (χ3n) is 3.99. The van der Waals surface area contributed by atoms with Gasteiger partial charge in [-0.15, -0.1) is 0 Å². The molecule has 0 aliphatic heterocycles. The topological polar surface area (TPSA) is 97.7 Å². The van der Waals surface area contributed by atoms with E-state index in [9.17, 15) is 18.0 Å². The molecule has 1 aromatic heterocycles. The number of nitrogens with zero attached hydrogens (tertiary/aromatic N) is 2. The predicted octanol–water partition coefficient (Wildman–Crippen LogP) is 2.42. The summed E-state index contributed by atoms with van der Waals surface area (Å²) in [5, 5.41) is 3.10. The van der Waals surface area contributed by atoms with Gasteiger partial charge in [-0.2, -0.15) is 4.31 Å². The van der Waals surface area contributed by atoms with Crippen molar-refractivity contribution in [2.24, 2.45) is 7.05 Å². The first kappa shape index (κ1) is 21.9. The van der Waals surface area contributed by atoms with Crippen LogP contribution >= 0.6 is 11.6 Å². The molecule has 0 fully saturated rings. The number of rotatable bonds is 7. The van der Waals surface area contributed by atoms with E-state index in [2.05, 4.69) is 5.32 Å². The first-order chi connectivity index (χ1) is 13.1. The van der Waals surface area contributed by atoms with Gasteiger partial charge in [-0.1, -0.05) is 17.7 Å². The van der Waals surface area contributed by atoms with E-state index in [0.29, 0.717) is 10.7 Å². The van der Waals surface area contributed by atoms with Crippen LogP contribution in [0, 0.1) is 6.92 Å². The summed E-state index contributed by atoms with van der Waals surface area (Å²) in [5.74, 6) is -1.14. The highest BCUT2D eigenvalue weighted by molar-refractivity contribution is 7.89. The number of carbonyl (C=O) groups excluding carboxylic acids is 2. The second-order valence-electron chi connectivity index (χ2n) is 6.17. The molecule has 0 radical (unpaired) electrons. The lowest BCUT2D eigenvalue weighted by Crippen LogP contribution is -2.34. The number of esters is 1. The van der Waals surface area contributed by atoms with E-state index in [-0.39, 0.29) is 17.2 Å². The summed E-state index contributed by atoms with van der Waals surface area (Å²) < 4.78 is 32.6. The second kappa shape index (κ2) is 8.76. The molecule has 0 atom stereocenters.